The third-order valence-corrected chi connectivity index (χ3v) is 7.92. The molecule has 34 heavy (non-hydrogen) atoms. The van der Waals surface area contributed by atoms with E-state index < -0.39 is 34.9 Å². The summed E-state index contributed by atoms with van der Waals surface area (Å²) in [5.74, 6) is -2.28. The van der Waals surface area contributed by atoms with Crippen LogP contribution in [0.2, 0.25) is 0 Å². The van der Waals surface area contributed by atoms with Crippen LogP contribution < -0.4 is 5.32 Å². The maximum Gasteiger partial charge on any atom is 0.330 e. The number of para-hydroxylation sites is 1. The van der Waals surface area contributed by atoms with Gasteiger partial charge in [0.25, 0.3) is 11.6 Å². The van der Waals surface area contributed by atoms with E-state index in [0.29, 0.717) is 4.34 Å². The zero-order chi connectivity index (χ0) is 24.5. The molecule has 10 heteroatoms. The summed E-state index contributed by atoms with van der Waals surface area (Å²) in [4.78, 5) is 44.1. The van der Waals surface area contributed by atoms with E-state index in [1.807, 2.05) is 54.6 Å². The molecule has 0 aliphatic carbocycles. The molecule has 1 aromatic heterocycles. The lowest BCUT2D eigenvalue weighted by Crippen LogP contribution is -2.82. The molecule has 1 aliphatic heterocycles. The fourth-order valence-corrected chi connectivity index (χ4v) is 6.40. The van der Waals surface area contributed by atoms with Crippen LogP contribution in [0.4, 0.5) is 0 Å². The number of fused-ring (bicyclic) bond motifs is 1. The minimum atomic E-state index is -1.74. The van der Waals surface area contributed by atoms with E-state index >= 15 is 0 Å². The Balaban J connectivity index is 1.67. The number of aliphatic carboxylic acids is 1. The first-order valence-electron chi connectivity index (χ1n) is 10.4. The number of carbonyl (C=O) groups excluding carboxylic acids is 2. The summed E-state index contributed by atoms with van der Waals surface area (Å²) in [6.45, 7) is 5.30. The van der Waals surface area contributed by atoms with Gasteiger partial charge in [-0.05, 0) is 30.2 Å². The fraction of sp³-hybridized carbons (Fsp3) is 0.250. The van der Waals surface area contributed by atoms with Crippen molar-refractivity contribution in [1.29, 1.82) is 0 Å². The van der Waals surface area contributed by atoms with Crippen molar-refractivity contribution in [3.05, 3.63) is 72.3 Å². The second kappa shape index (κ2) is 9.57. The van der Waals surface area contributed by atoms with Gasteiger partial charge in [0.05, 0.1) is 16.6 Å². The van der Waals surface area contributed by atoms with Crippen molar-refractivity contribution in [2.24, 2.45) is 0 Å². The van der Waals surface area contributed by atoms with E-state index in [4.69, 9.17) is 4.74 Å². The van der Waals surface area contributed by atoms with Crippen LogP contribution in [0.1, 0.15) is 12.5 Å². The van der Waals surface area contributed by atoms with Crippen molar-refractivity contribution in [1.82, 2.24) is 15.2 Å². The third kappa shape index (κ3) is 4.31. The van der Waals surface area contributed by atoms with E-state index in [9.17, 15) is 19.5 Å². The zero-order valence-electron chi connectivity index (χ0n) is 18.6. The predicted octanol–water partition coefficient (Wildman–Crippen LogP) is 3.29. The Bertz CT molecular complexity index is 1210. The molecule has 0 spiro atoms. The number of carboxylic acids is 1. The maximum atomic E-state index is 13.4. The Kier molecular flexibility index (Phi) is 6.74. The number of carbonyl (C=O) groups is 3. The second-order valence-electron chi connectivity index (χ2n) is 7.87. The normalized spacial score (nSPS) is 20.6. The summed E-state index contributed by atoms with van der Waals surface area (Å²) >= 11 is 2.59. The van der Waals surface area contributed by atoms with E-state index in [1.54, 1.807) is 6.92 Å². The number of nitrogens with one attached hydrogen (secondary N) is 1. The quantitative estimate of drug-likeness (QED) is 0.265. The Morgan fingerprint density at radius 1 is 1.26 bits per heavy atom. The number of ether oxygens (including phenoxy) is 1. The predicted molar refractivity (Wildman–Crippen MR) is 130 cm³/mol. The van der Waals surface area contributed by atoms with Crippen molar-refractivity contribution in [3.8, 4) is 0 Å². The third-order valence-electron chi connectivity index (χ3n) is 5.47. The average molecular weight is 498 g/mol. The van der Waals surface area contributed by atoms with Crippen LogP contribution in [0.25, 0.3) is 10.2 Å². The second-order valence-corrected chi connectivity index (χ2v) is 10.2. The molecule has 1 fully saturated rings. The van der Waals surface area contributed by atoms with Gasteiger partial charge in [0.15, 0.2) is 10.4 Å². The highest BCUT2D eigenvalue weighted by Crippen LogP contribution is 2.46. The van der Waals surface area contributed by atoms with Crippen molar-refractivity contribution >= 4 is 51.1 Å². The summed E-state index contributed by atoms with van der Waals surface area (Å²) < 4.78 is 7.17. The summed E-state index contributed by atoms with van der Waals surface area (Å²) in [7, 11) is 1.32. The van der Waals surface area contributed by atoms with Gasteiger partial charge in [-0.2, -0.15) is 0 Å². The molecule has 176 valence electrons. The van der Waals surface area contributed by atoms with Gasteiger partial charge in [-0.25, -0.2) is 9.78 Å². The molecule has 8 nitrogen and oxygen atoms in total. The highest BCUT2D eigenvalue weighted by Gasteiger charge is 2.66. The van der Waals surface area contributed by atoms with Crippen molar-refractivity contribution < 1.29 is 24.2 Å². The lowest BCUT2D eigenvalue weighted by molar-refractivity contribution is -0.201. The lowest BCUT2D eigenvalue weighted by atomic mass is 9.95. The number of nitrogens with zero attached hydrogens (tertiary/aromatic N) is 2. The largest absolute Gasteiger partial charge is 0.479 e. The number of carboxylic acid groups (broad SMARTS) is 1. The van der Waals surface area contributed by atoms with E-state index in [-0.39, 0.29) is 12.0 Å². The highest BCUT2D eigenvalue weighted by molar-refractivity contribution is 8.01. The molecule has 3 unspecified atom stereocenters. The molecular weight excluding hydrogens is 474 g/mol. The molecular formula is C24H23N3O5S2. The average Bonchev–Trinajstić information content (AvgIpc) is 3.22. The number of aromatic nitrogens is 1. The molecule has 0 bridgehead atoms. The molecule has 0 radical (unpaired) electrons. The van der Waals surface area contributed by atoms with Crippen LogP contribution in [0.3, 0.4) is 0 Å². The topological polar surface area (TPSA) is 109 Å². The van der Waals surface area contributed by atoms with Gasteiger partial charge < -0.3 is 20.1 Å². The van der Waals surface area contributed by atoms with Crippen LogP contribution in [-0.2, 0) is 25.5 Å². The lowest BCUT2D eigenvalue weighted by Gasteiger charge is -2.55. The first-order chi connectivity index (χ1) is 16.3. The smallest absolute Gasteiger partial charge is 0.330 e. The number of hydrogen-bond donors (Lipinski definition) is 2. The monoisotopic (exact) mass is 497 g/mol. The van der Waals surface area contributed by atoms with E-state index in [1.165, 1.54) is 35.1 Å². The van der Waals surface area contributed by atoms with E-state index in [0.717, 1.165) is 15.8 Å². The van der Waals surface area contributed by atoms with Crippen LogP contribution in [-0.4, -0.2) is 57.0 Å². The summed E-state index contributed by atoms with van der Waals surface area (Å²) in [6, 6.07) is 15.4. The van der Waals surface area contributed by atoms with Gasteiger partial charge in [0, 0.05) is 7.11 Å². The van der Waals surface area contributed by atoms with Crippen LogP contribution in [0, 0.1) is 0 Å². The minimum Gasteiger partial charge on any atom is -0.479 e. The number of hydrogen-bond acceptors (Lipinski definition) is 7. The van der Waals surface area contributed by atoms with Crippen molar-refractivity contribution in [2.45, 2.75) is 34.8 Å². The maximum absolute atomic E-state index is 13.4. The number of β-lactam (4-membered cyclic amide) rings is 1. The molecule has 3 aromatic rings. The van der Waals surface area contributed by atoms with Crippen molar-refractivity contribution in [3.63, 3.8) is 0 Å². The summed E-state index contributed by atoms with van der Waals surface area (Å²) in [6.07, 6.45) is 0.0423. The van der Waals surface area contributed by atoms with Gasteiger partial charge in [-0.15, -0.1) is 11.3 Å². The van der Waals surface area contributed by atoms with Crippen LogP contribution in [0.5, 0.6) is 0 Å². The Morgan fingerprint density at radius 2 is 1.94 bits per heavy atom. The molecule has 3 atom stereocenters. The van der Waals surface area contributed by atoms with Crippen molar-refractivity contribution in [2.75, 3.05) is 7.11 Å². The molecule has 2 aromatic carbocycles. The fourth-order valence-electron chi connectivity index (χ4n) is 3.88. The highest BCUT2D eigenvalue weighted by atomic mass is 32.2. The Labute approximate surface area is 204 Å². The number of rotatable bonds is 9. The molecule has 4 rings (SSSR count). The van der Waals surface area contributed by atoms with Gasteiger partial charge in [0.2, 0.25) is 5.91 Å². The summed E-state index contributed by atoms with van der Waals surface area (Å²) in [5, 5.41) is 11.7. The molecule has 2 N–H and O–H groups in total. The van der Waals surface area contributed by atoms with Gasteiger partial charge in [-0.1, -0.05) is 60.8 Å². The van der Waals surface area contributed by atoms with Gasteiger partial charge >= 0.3 is 5.97 Å². The molecule has 0 saturated carbocycles. The SMILES string of the molecule is C=C(C)C(C(=O)O)N1C(=O)C(NC(=O)Cc2ccccc2)(OC)C1Sc1nc2ccccc2s1. The number of thioether (sulfide) groups is 1. The number of methoxy groups -OCH3 is 1. The Hall–Kier alpha value is -3.21. The van der Waals surface area contributed by atoms with Gasteiger partial charge in [0.1, 0.15) is 5.37 Å². The molecule has 2 amide bonds. The minimum absolute atomic E-state index is 0.0423. The van der Waals surface area contributed by atoms with Crippen LogP contribution in [0.15, 0.2) is 71.1 Å². The number of likely N-dealkylation sites (tertiary alicyclic amines) is 1. The number of thiazole rings is 1. The first kappa shape index (κ1) is 23.9. The Morgan fingerprint density at radius 3 is 2.56 bits per heavy atom. The standard InChI is InChI=1S/C24H23N3O5S2/c1-14(2)19(20(29)30)27-21(31)24(32-3,26-18(28)13-15-9-5-4-6-10-15)22(27)34-23-25-16-11-7-8-12-17(16)33-23/h4-12,19,22H,1,13H2,2-3H3,(H,26,28)(H,29,30). The molecule has 1 saturated heterocycles. The number of amides is 2. The first-order valence-corrected chi connectivity index (χ1v) is 12.1. The molecule has 2 heterocycles. The number of benzene rings is 2. The van der Waals surface area contributed by atoms with Gasteiger partial charge in [-0.3, -0.25) is 9.59 Å². The van der Waals surface area contributed by atoms with E-state index in [2.05, 4.69) is 16.9 Å². The zero-order valence-corrected chi connectivity index (χ0v) is 20.2. The molecule has 1 aliphatic rings. The van der Waals surface area contributed by atoms with Crippen LogP contribution >= 0.6 is 23.1 Å². The summed E-state index contributed by atoms with van der Waals surface area (Å²) in [5.41, 5.74) is 0.113.